The Morgan fingerprint density at radius 1 is 1.29 bits per heavy atom. The van der Waals surface area contributed by atoms with Crippen LogP contribution in [0.15, 0.2) is 47.5 Å². The number of hydrogen-bond acceptors (Lipinski definition) is 5. The largest absolute Gasteiger partial charge is 0.497 e. The lowest BCUT2D eigenvalue weighted by Gasteiger charge is -2.07. The van der Waals surface area contributed by atoms with E-state index in [0.29, 0.717) is 13.0 Å². The summed E-state index contributed by atoms with van der Waals surface area (Å²) in [5.41, 5.74) is 6.43. The Morgan fingerprint density at radius 3 is 2.76 bits per heavy atom. The first kappa shape index (κ1) is 15.3. The van der Waals surface area contributed by atoms with Crippen molar-refractivity contribution >= 4 is 15.8 Å². The molecule has 0 aliphatic carbocycles. The molecule has 0 radical (unpaired) electrons. The lowest BCUT2D eigenvalue weighted by molar-refractivity contribution is 0.414. The Labute approximate surface area is 124 Å². The van der Waals surface area contributed by atoms with Crippen LogP contribution >= 0.6 is 0 Å². The molecule has 0 spiro atoms. The summed E-state index contributed by atoms with van der Waals surface area (Å²) in [6.07, 6.45) is 1.81. The number of hydrogen-bond donors (Lipinski definition) is 2. The second kappa shape index (κ2) is 6.55. The van der Waals surface area contributed by atoms with Crippen molar-refractivity contribution in [2.75, 3.05) is 19.4 Å². The predicted octanol–water partition coefficient (Wildman–Crippen LogP) is 1.19. The minimum Gasteiger partial charge on any atom is -0.497 e. The second-order valence-electron chi connectivity index (χ2n) is 4.42. The summed E-state index contributed by atoms with van der Waals surface area (Å²) in [6.45, 7) is 0.292. The molecule has 2 rings (SSSR count). The first-order valence-electron chi connectivity index (χ1n) is 6.35. The van der Waals surface area contributed by atoms with E-state index < -0.39 is 10.0 Å². The van der Waals surface area contributed by atoms with E-state index in [4.69, 9.17) is 10.5 Å². The molecule has 0 aliphatic rings. The van der Waals surface area contributed by atoms with Gasteiger partial charge in [-0.25, -0.2) is 18.1 Å². The number of nitrogens with two attached hydrogens (primary N) is 1. The van der Waals surface area contributed by atoms with Gasteiger partial charge < -0.3 is 10.5 Å². The molecule has 0 fully saturated rings. The van der Waals surface area contributed by atoms with Crippen molar-refractivity contribution in [2.24, 2.45) is 0 Å². The number of ether oxygens (including phenoxy) is 1. The highest BCUT2D eigenvalue weighted by atomic mass is 32.2. The maximum atomic E-state index is 12.0. The van der Waals surface area contributed by atoms with Crippen LogP contribution in [0.4, 0.5) is 5.82 Å². The maximum absolute atomic E-state index is 12.0. The van der Waals surface area contributed by atoms with Crippen molar-refractivity contribution in [1.29, 1.82) is 0 Å². The summed E-state index contributed by atoms with van der Waals surface area (Å²) in [7, 11) is -1.97. The smallest absolute Gasteiger partial charge is 0.242 e. The summed E-state index contributed by atoms with van der Waals surface area (Å²) >= 11 is 0. The monoisotopic (exact) mass is 307 g/mol. The minimum atomic E-state index is -3.56. The highest BCUT2D eigenvalue weighted by Crippen LogP contribution is 2.13. The van der Waals surface area contributed by atoms with Gasteiger partial charge in [0.15, 0.2) is 0 Å². The molecule has 0 saturated carbocycles. The van der Waals surface area contributed by atoms with Crippen molar-refractivity contribution < 1.29 is 13.2 Å². The Morgan fingerprint density at radius 2 is 2.10 bits per heavy atom. The maximum Gasteiger partial charge on any atom is 0.242 e. The van der Waals surface area contributed by atoms with Crippen molar-refractivity contribution in [3.8, 4) is 5.75 Å². The second-order valence-corrected chi connectivity index (χ2v) is 6.19. The number of anilines is 1. The normalized spacial score (nSPS) is 11.3. The molecule has 0 atom stereocenters. The summed E-state index contributed by atoms with van der Waals surface area (Å²) in [5.74, 6) is 1.03. The van der Waals surface area contributed by atoms with Crippen molar-refractivity contribution in [1.82, 2.24) is 9.71 Å². The Balaban J connectivity index is 1.97. The Kier molecular flexibility index (Phi) is 4.77. The molecule has 0 amide bonds. The molecule has 0 bridgehead atoms. The standard InChI is InChI=1S/C14H17N3O3S/c1-20-12-4-2-3-11(9-12)7-8-17-21(18,19)13-5-6-14(15)16-10-13/h2-6,9-10,17H,7-8H2,1H3,(H2,15,16). The highest BCUT2D eigenvalue weighted by Gasteiger charge is 2.13. The molecule has 2 aromatic rings. The van der Waals surface area contributed by atoms with Gasteiger partial charge in [0.05, 0.1) is 7.11 Å². The van der Waals surface area contributed by atoms with Gasteiger partial charge in [0.1, 0.15) is 16.5 Å². The fraction of sp³-hybridized carbons (Fsp3) is 0.214. The fourth-order valence-corrected chi connectivity index (χ4v) is 2.77. The summed E-state index contributed by atoms with van der Waals surface area (Å²) in [6, 6.07) is 10.4. The molecule has 0 unspecified atom stereocenters. The number of aromatic nitrogens is 1. The van der Waals surface area contributed by atoms with E-state index in [1.807, 2.05) is 24.3 Å². The Hall–Kier alpha value is -2.12. The van der Waals surface area contributed by atoms with Gasteiger partial charge in [0.2, 0.25) is 10.0 Å². The zero-order valence-corrected chi connectivity index (χ0v) is 12.4. The van der Waals surface area contributed by atoms with E-state index in [1.165, 1.54) is 18.3 Å². The first-order chi connectivity index (χ1) is 10.0. The van der Waals surface area contributed by atoms with Gasteiger partial charge in [-0.05, 0) is 36.2 Å². The molecule has 112 valence electrons. The number of methoxy groups -OCH3 is 1. The van der Waals surface area contributed by atoms with E-state index in [1.54, 1.807) is 7.11 Å². The molecule has 3 N–H and O–H groups in total. The zero-order valence-electron chi connectivity index (χ0n) is 11.6. The van der Waals surface area contributed by atoms with Crippen LogP contribution in [0.5, 0.6) is 5.75 Å². The summed E-state index contributed by atoms with van der Waals surface area (Å²) < 4.78 is 31.7. The van der Waals surface area contributed by atoms with Gasteiger partial charge in [-0.2, -0.15) is 0 Å². The van der Waals surface area contributed by atoms with E-state index in [0.717, 1.165) is 11.3 Å². The lowest BCUT2D eigenvalue weighted by atomic mass is 10.1. The molecule has 1 aromatic carbocycles. The first-order valence-corrected chi connectivity index (χ1v) is 7.84. The van der Waals surface area contributed by atoms with Gasteiger partial charge >= 0.3 is 0 Å². The van der Waals surface area contributed by atoms with E-state index in [9.17, 15) is 8.42 Å². The van der Waals surface area contributed by atoms with Crippen LogP contribution in [0, 0.1) is 0 Å². The van der Waals surface area contributed by atoms with Gasteiger partial charge in [-0.1, -0.05) is 12.1 Å². The molecular weight excluding hydrogens is 290 g/mol. The summed E-state index contributed by atoms with van der Waals surface area (Å²) in [5, 5.41) is 0. The van der Waals surface area contributed by atoms with Crippen LogP contribution in [0.1, 0.15) is 5.56 Å². The number of sulfonamides is 1. The van der Waals surface area contributed by atoms with E-state index >= 15 is 0 Å². The molecule has 7 heteroatoms. The third-order valence-corrected chi connectivity index (χ3v) is 4.36. The van der Waals surface area contributed by atoms with Crippen LogP contribution < -0.4 is 15.2 Å². The van der Waals surface area contributed by atoms with Crippen molar-refractivity contribution in [2.45, 2.75) is 11.3 Å². The topological polar surface area (TPSA) is 94.3 Å². The third-order valence-electron chi connectivity index (χ3n) is 2.91. The third kappa shape index (κ3) is 4.17. The van der Waals surface area contributed by atoms with E-state index in [2.05, 4.69) is 9.71 Å². The average molecular weight is 307 g/mol. The van der Waals surface area contributed by atoms with E-state index in [-0.39, 0.29) is 10.7 Å². The number of nitrogen functional groups attached to an aromatic ring is 1. The molecule has 0 saturated heterocycles. The number of nitrogens with one attached hydrogen (secondary N) is 1. The number of pyridine rings is 1. The number of nitrogens with zero attached hydrogens (tertiary/aromatic N) is 1. The molecular formula is C14H17N3O3S. The molecule has 1 heterocycles. The zero-order chi connectivity index (χ0) is 15.3. The van der Waals surface area contributed by atoms with Crippen LogP contribution in [-0.4, -0.2) is 27.1 Å². The average Bonchev–Trinajstić information content (AvgIpc) is 2.48. The number of benzene rings is 1. The van der Waals surface area contributed by atoms with Crippen LogP contribution in [0.25, 0.3) is 0 Å². The quantitative estimate of drug-likeness (QED) is 0.836. The number of rotatable bonds is 6. The van der Waals surface area contributed by atoms with Gasteiger partial charge in [0, 0.05) is 12.7 Å². The molecule has 1 aromatic heterocycles. The highest BCUT2D eigenvalue weighted by molar-refractivity contribution is 7.89. The molecule has 0 aliphatic heterocycles. The van der Waals surface area contributed by atoms with Crippen molar-refractivity contribution in [3.05, 3.63) is 48.2 Å². The van der Waals surface area contributed by atoms with Crippen LogP contribution in [-0.2, 0) is 16.4 Å². The Bertz CT molecular complexity index is 700. The van der Waals surface area contributed by atoms with Gasteiger partial charge in [-0.3, -0.25) is 0 Å². The lowest BCUT2D eigenvalue weighted by Crippen LogP contribution is -2.26. The van der Waals surface area contributed by atoms with Gasteiger partial charge in [0.25, 0.3) is 0 Å². The van der Waals surface area contributed by atoms with Crippen LogP contribution in [0.2, 0.25) is 0 Å². The SMILES string of the molecule is COc1cccc(CCNS(=O)(=O)c2ccc(N)nc2)c1. The predicted molar refractivity (Wildman–Crippen MR) is 80.5 cm³/mol. The molecule has 6 nitrogen and oxygen atoms in total. The molecule has 21 heavy (non-hydrogen) atoms. The summed E-state index contributed by atoms with van der Waals surface area (Å²) in [4.78, 5) is 3.88. The van der Waals surface area contributed by atoms with Gasteiger partial charge in [-0.15, -0.1) is 0 Å². The fourth-order valence-electron chi connectivity index (χ4n) is 1.79. The minimum absolute atomic E-state index is 0.0994. The van der Waals surface area contributed by atoms with Crippen LogP contribution in [0.3, 0.4) is 0 Å². The van der Waals surface area contributed by atoms with Crippen molar-refractivity contribution in [3.63, 3.8) is 0 Å².